The van der Waals surface area contributed by atoms with Gasteiger partial charge in [0.15, 0.2) is 0 Å². The summed E-state index contributed by atoms with van der Waals surface area (Å²) in [6.45, 7) is 3.36. The van der Waals surface area contributed by atoms with Gasteiger partial charge in [0.2, 0.25) is 0 Å². The van der Waals surface area contributed by atoms with Gasteiger partial charge in [-0.25, -0.2) is 9.89 Å². The van der Waals surface area contributed by atoms with E-state index in [2.05, 4.69) is 10.2 Å². The van der Waals surface area contributed by atoms with Crippen LogP contribution in [0.5, 0.6) is 0 Å². The van der Waals surface area contributed by atoms with E-state index in [1.54, 1.807) is 4.57 Å². The molecule has 0 aliphatic rings. The molecular weight excluding hydrogens is 180 g/mol. The lowest BCUT2D eigenvalue weighted by atomic mass is 10.2. The summed E-state index contributed by atoms with van der Waals surface area (Å²) < 4.78 is 1.67. The average molecular weight is 198 g/mol. The fraction of sp³-hybridized carbons (Fsp3) is 0.778. The second-order valence-corrected chi connectivity index (χ2v) is 3.29. The van der Waals surface area contributed by atoms with Gasteiger partial charge >= 0.3 is 5.69 Å². The van der Waals surface area contributed by atoms with Crippen LogP contribution in [0.4, 0.5) is 0 Å². The fourth-order valence-corrected chi connectivity index (χ4v) is 1.47. The molecule has 0 aliphatic heterocycles. The molecule has 5 nitrogen and oxygen atoms in total. The molecule has 0 aromatic carbocycles. The first-order chi connectivity index (χ1) is 6.79. The highest BCUT2D eigenvalue weighted by Gasteiger charge is 2.04. The quantitative estimate of drug-likeness (QED) is 0.644. The van der Waals surface area contributed by atoms with E-state index in [1.165, 1.54) is 0 Å². The summed E-state index contributed by atoms with van der Waals surface area (Å²) >= 11 is 0. The van der Waals surface area contributed by atoms with Crippen LogP contribution in [-0.4, -0.2) is 21.3 Å². The Kier molecular flexibility index (Phi) is 4.39. The summed E-state index contributed by atoms with van der Waals surface area (Å²) in [7, 11) is 0. The van der Waals surface area contributed by atoms with Crippen LogP contribution in [0, 0.1) is 0 Å². The Morgan fingerprint density at radius 2 is 2.21 bits per heavy atom. The van der Waals surface area contributed by atoms with Crippen LogP contribution in [0.3, 0.4) is 0 Å². The van der Waals surface area contributed by atoms with Crippen LogP contribution in [-0.2, 0) is 13.0 Å². The molecule has 0 saturated heterocycles. The van der Waals surface area contributed by atoms with Crippen molar-refractivity contribution in [3.05, 3.63) is 16.3 Å². The monoisotopic (exact) mass is 198 g/mol. The number of rotatable bonds is 6. The smallest absolute Gasteiger partial charge is 0.330 e. The van der Waals surface area contributed by atoms with Crippen molar-refractivity contribution in [3.63, 3.8) is 0 Å². The summed E-state index contributed by atoms with van der Waals surface area (Å²) in [5, 5.41) is 6.44. The number of unbranched alkanes of at least 4 members (excludes halogenated alkanes) is 2. The third kappa shape index (κ3) is 2.70. The number of aryl methyl sites for hydroxylation is 1. The standard InChI is InChI=1S/C9H18N4O/c1-2-13-8(11-12-9(13)14)6-4-3-5-7-10/h2-7,10H2,1H3,(H,12,14). The van der Waals surface area contributed by atoms with Crippen molar-refractivity contribution < 1.29 is 0 Å². The molecule has 3 N–H and O–H groups in total. The van der Waals surface area contributed by atoms with Gasteiger partial charge in [-0.15, -0.1) is 0 Å². The number of H-pyrrole nitrogens is 1. The van der Waals surface area contributed by atoms with E-state index in [4.69, 9.17) is 5.73 Å². The molecule has 1 heterocycles. The maximum atomic E-state index is 11.2. The molecule has 0 saturated carbocycles. The summed E-state index contributed by atoms with van der Waals surface area (Å²) in [5.74, 6) is 0.856. The fourth-order valence-electron chi connectivity index (χ4n) is 1.47. The number of nitrogens with one attached hydrogen (secondary N) is 1. The first-order valence-corrected chi connectivity index (χ1v) is 5.13. The molecule has 0 bridgehead atoms. The van der Waals surface area contributed by atoms with E-state index >= 15 is 0 Å². The van der Waals surface area contributed by atoms with Crippen LogP contribution in [0.2, 0.25) is 0 Å². The Hall–Kier alpha value is -1.10. The van der Waals surface area contributed by atoms with Gasteiger partial charge in [-0.2, -0.15) is 5.10 Å². The van der Waals surface area contributed by atoms with Crippen molar-refractivity contribution in [2.75, 3.05) is 6.54 Å². The number of hydrogen-bond donors (Lipinski definition) is 2. The lowest BCUT2D eigenvalue weighted by Gasteiger charge is -2.01. The largest absolute Gasteiger partial charge is 0.343 e. The van der Waals surface area contributed by atoms with E-state index in [0.29, 0.717) is 6.54 Å². The van der Waals surface area contributed by atoms with Gasteiger partial charge in [-0.3, -0.25) is 4.57 Å². The first kappa shape index (κ1) is 11.0. The summed E-state index contributed by atoms with van der Waals surface area (Å²) in [5.41, 5.74) is 5.28. The Morgan fingerprint density at radius 3 is 2.86 bits per heavy atom. The SMILES string of the molecule is CCn1c(CCCCCN)n[nH]c1=O. The molecule has 1 rings (SSSR count). The van der Waals surface area contributed by atoms with Crippen LogP contribution in [0.15, 0.2) is 4.79 Å². The van der Waals surface area contributed by atoms with Gasteiger partial charge in [0.1, 0.15) is 5.82 Å². The number of aromatic nitrogens is 3. The highest BCUT2D eigenvalue weighted by molar-refractivity contribution is 4.85. The highest BCUT2D eigenvalue weighted by atomic mass is 16.1. The summed E-state index contributed by atoms with van der Waals surface area (Å²) in [6, 6.07) is 0. The predicted octanol–water partition coefficient (Wildman–Crippen LogP) is 0.263. The molecule has 0 atom stereocenters. The van der Waals surface area contributed by atoms with Crippen molar-refractivity contribution >= 4 is 0 Å². The van der Waals surface area contributed by atoms with Crippen molar-refractivity contribution in [1.29, 1.82) is 0 Å². The first-order valence-electron chi connectivity index (χ1n) is 5.13. The van der Waals surface area contributed by atoms with Crippen molar-refractivity contribution in [2.45, 2.75) is 39.2 Å². The molecule has 1 aromatic rings. The predicted molar refractivity (Wildman–Crippen MR) is 55.1 cm³/mol. The molecule has 80 valence electrons. The van der Waals surface area contributed by atoms with Gasteiger partial charge in [0.25, 0.3) is 0 Å². The molecular formula is C9H18N4O. The lowest BCUT2D eigenvalue weighted by molar-refractivity contribution is 0.622. The number of hydrogen-bond acceptors (Lipinski definition) is 3. The molecule has 0 radical (unpaired) electrons. The van der Waals surface area contributed by atoms with E-state index in [9.17, 15) is 4.79 Å². The second kappa shape index (κ2) is 5.59. The molecule has 0 amide bonds. The Bertz CT molecular complexity index is 315. The Morgan fingerprint density at radius 1 is 1.43 bits per heavy atom. The van der Waals surface area contributed by atoms with Crippen LogP contribution in [0.1, 0.15) is 32.0 Å². The second-order valence-electron chi connectivity index (χ2n) is 3.29. The molecule has 0 spiro atoms. The van der Waals surface area contributed by atoms with Crippen LogP contribution >= 0.6 is 0 Å². The Balaban J connectivity index is 2.46. The van der Waals surface area contributed by atoms with E-state index in [-0.39, 0.29) is 5.69 Å². The van der Waals surface area contributed by atoms with Gasteiger partial charge in [0, 0.05) is 13.0 Å². The molecule has 5 heteroatoms. The van der Waals surface area contributed by atoms with Crippen molar-refractivity contribution in [3.8, 4) is 0 Å². The van der Waals surface area contributed by atoms with Crippen LogP contribution in [0.25, 0.3) is 0 Å². The normalized spacial score (nSPS) is 10.7. The highest BCUT2D eigenvalue weighted by Crippen LogP contribution is 2.01. The zero-order chi connectivity index (χ0) is 10.4. The van der Waals surface area contributed by atoms with Gasteiger partial charge in [-0.05, 0) is 26.3 Å². The van der Waals surface area contributed by atoms with Crippen LogP contribution < -0.4 is 11.4 Å². The topological polar surface area (TPSA) is 76.7 Å². The average Bonchev–Trinajstić information content (AvgIpc) is 2.54. The van der Waals surface area contributed by atoms with Crippen molar-refractivity contribution in [2.24, 2.45) is 5.73 Å². The van der Waals surface area contributed by atoms with Gasteiger partial charge < -0.3 is 5.73 Å². The molecule has 0 fully saturated rings. The molecule has 1 aromatic heterocycles. The maximum absolute atomic E-state index is 11.2. The van der Waals surface area contributed by atoms with Crippen molar-refractivity contribution in [1.82, 2.24) is 14.8 Å². The maximum Gasteiger partial charge on any atom is 0.343 e. The minimum Gasteiger partial charge on any atom is -0.330 e. The van der Waals surface area contributed by atoms with Gasteiger partial charge in [0.05, 0.1) is 0 Å². The molecule has 14 heavy (non-hydrogen) atoms. The molecule has 0 aliphatic carbocycles. The van der Waals surface area contributed by atoms with E-state index in [0.717, 1.165) is 38.1 Å². The Labute approximate surface area is 83.3 Å². The number of nitrogens with two attached hydrogens (primary N) is 1. The minimum atomic E-state index is -0.110. The number of nitrogens with zero attached hydrogens (tertiary/aromatic N) is 2. The molecule has 0 unspecified atom stereocenters. The third-order valence-corrected chi connectivity index (χ3v) is 2.26. The number of aromatic amines is 1. The minimum absolute atomic E-state index is 0.110. The zero-order valence-corrected chi connectivity index (χ0v) is 8.62. The summed E-state index contributed by atoms with van der Waals surface area (Å²) in [6.07, 6.45) is 4.04. The third-order valence-electron chi connectivity index (χ3n) is 2.26. The lowest BCUT2D eigenvalue weighted by Crippen LogP contribution is -2.17. The summed E-state index contributed by atoms with van der Waals surface area (Å²) in [4.78, 5) is 11.2. The zero-order valence-electron chi connectivity index (χ0n) is 8.62. The van der Waals surface area contributed by atoms with Gasteiger partial charge in [-0.1, -0.05) is 6.42 Å². The van der Waals surface area contributed by atoms with E-state index < -0.39 is 0 Å². The van der Waals surface area contributed by atoms with E-state index in [1.807, 2.05) is 6.92 Å².